The van der Waals surface area contributed by atoms with Crippen molar-refractivity contribution in [1.29, 1.82) is 0 Å². The summed E-state index contributed by atoms with van der Waals surface area (Å²) >= 11 is 0. The molecule has 2 atom stereocenters. The first-order valence-electron chi connectivity index (χ1n) is 5.85. The molecule has 15 heavy (non-hydrogen) atoms. The molecule has 0 aliphatic carbocycles. The van der Waals surface area contributed by atoms with E-state index in [1.165, 1.54) is 0 Å². The summed E-state index contributed by atoms with van der Waals surface area (Å²) in [7, 11) is 0. The lowest BCUT2D eigenvalue weighted by molar-refractivity contribution is 0.0864. The van der Waals surface area contributed by atoms with Gasteiger partial charge in [-0.1, -0.05) is 46.8 Å². The summed E-state index contributed by atoms with van der Waals surface area (Å²) in [4.78, 5) is 0. The maximum Gasteiger partial charge on any atom is 0.100 e. The summed E-state index contributed by atoms with van der Waals surface area (Å²) < 4.78 is 0. The Bertz CT molecular complexity index is 245. The molecule has 0 aromatic carbocycles. The van der Waals surface area contributed by atoms with Crippen LogP contribution in [0.15, 0.2) is 10.3 Å². The number of hydrogen-bond donors (Lipinski definition) is 0. The van der Waals surface area contributed by atoms with Gasteiger partial charge in [0.25, 0.3) is 0 Å². The Morgan fingerprint density at radius 1 is 1.00 bits per heavy atom. The number of rotatable bonds is 1. The average molecular weight is 211 g/mol. The lowest BCUT2D eigenvalue weighted by Gasteiger charge is -2.40. The minimum Gasteiger partial charge on any atom is -0.273 e. The third-order valence-electron chi connectivity index (χ3n) is 3.01. The van der Waals surface area contributed by atoms with E-state index in [0.717, 1.165) is 6.54 Å². The second-order valence-electron chi connectivity index (χ2n) is 6.58. The van der Waals surface area contributed by atoms with Gasteiger partial charge in [-0.2, -0.15) is 5.11 Å². The van der Waals surface area contributed by atoms with E-state index in [0.29, 0.717) is 12.1 Å². The fourth-order valence-electron chi connectivity index (χ4n) is 2.23. The second kappa shape index (κ2) is 3.76. The molecule has 0 aromatic rings. The zero-order valence-electron chi connectivity index (χ0n) is 11.2. The SMILES string of the molecule is CCN1N=NC(C(C)(C)C)C1C(C)(C)C. The van der Waals surface area contributed by atoms with Crippen molar-refractivity contribution in [3.05, 3.63) is 0 Å². The zero-order chi connectivity index (χ0) is 11.9. The molecule has 2 unspecified atom stereocenters. The van der Waals surface area contributed by atoms with Gasteiger partial charge in [-0.05, 0) is 17.8 Å². The highest BCUT2D eigenvalue weighted by Gasteiger charge is 2.45. The summed E-state index contributed by atoms with van der Waals surface area (Å²) in [6.07, 6.45) is 0. The van der Waals surface area contributed by atoms with Gasteiger partial charge < -0.3 is 0 Å². The van der Waals surface area contributed by atoms with Gasteiger partial charge in [0.15, 0.2) is 0 Å². The maximum absolute atomic E-state index is 4.46. The van der Waals surface area contributed by atoms with E-state index in [1.54, 1.807) is 0 Å². The van der Waals surface area contributed by atoms with Crippen LogP contribution in [0, 0.1) is 10.8 Å². The van der Waals surface area contributed by atoms with Gasteiger partial charge >= 0.3 is 0 Å². The predicted octanol–water partition coefficient (Wildman–Crippen LogP) is 3.52. The smallest absolute Gasteiger partial charge is 0.100 e. The Hall–Kier alpha value is -0.600. The fourth-order valence-corrected chi connectivity index (χ4v) is 2.23. The van der Waals surface area contributed by atoms with Crippen molar-refractivity contribution < 1.29 is 0 Å². The van der Waals surface area contributed by atoms with Crippen molar-refractivity contribution in [1.82, 2.24) is 5.01 Å². The van der Waals surface area contributed by atoms with Crippen LogP contribution in [-0.2, 0) is 0 Å². The molecule has 3 heteroatoms. The largest absolute Gasteiger partial charge is 0.273 e. The average Bonchev–Trinajstić information content (AvgIpc) is 2.44. The highest BCUT2D eigenvalue weighted by Crippen LogP contribution is 2.40. The van der Waals surface area contributed by atoms with Crippen molar-refractivity contribution in [2.24, 2.45) is 21.2 Å². The summed E-state index contributed by atoms with van der Waals surface area (Å²) in [5, 5.41) is 10.9. The minimum absolute atomic E-state index is 0.186. The van der Waals surface area contributed by atoms with Gasteiger partial charge in [0.05, 0.1) is 6.04 Å². The molecule has 0 radical (unpaired) electrons. The molecule has 3 nitrogen and oxygen atoms in total. The van der Waals surface area contributed by atoms with Gasteiger partial charge in [0.2, 0.25) is 0 Å². The first-order chi connectivity index (χ1) is 6.68. The molecular formula is C12H25N3. The molecule has 0 saturated heterocycles. The molecule has 1 aliphatic rings. The van der Waals surface area contributed by atoms with Crippen LogP contribution in [0.1, 0.15) is 48.5 Å². The monoisotopic (exact) mass is 211 g/mol. The number of likely N-dealkylation sites (N-methyl/N-ethyl adjacent to an activating group) is 1. The van der Waals surface area contributed by atoms with Gasteiger partial charge in [0.1, 0.15) is 6.04 Å². The van der Waals surface area contributed by atoms with Crippen LogP contribution in [0.4, 0.5) is 0 Å². The van der Waals surface area contributed by atoms with E-state index in [9.17, 15) is 0 Å². The Morgan fingerprint density at radius 3 is 1.87 bits per heavy atom. The summed E-state index contributed by atoms with van der Waals surface area (Å²) in [6.45, 7) is 16.6. The third-order valence-corrected chi connectivity index (χ3v) is 3.01. The fraction of sp³-hybridized carbons (Fsp3) is 1.00. The summed E-state index contributed by atoms with van der Waals surface area (Å²) in [6, 6.07) is 0.722. The Kier molecular flexibility index (Phi) is 3.13. The van der Waals surface area contributed by atoms with Crippen molar-refractivity contribution in [3.63, 3.8) is 0 Å². The molecule has 0 saturated carbocycles. The van der Waals surface area contributed by atoms with E-state index >= 15 is 0 Å². The van der Waals surface area contributed by atoms with Crippen LogP contribution in [0.3, 0.4) is 0 Å². The van der Waals surface area contributed by atoms with Crippen LogP contribution in [0.25, 0.3) is 0 Å². The standard InChI is InChI=1S/C12H25N3/c1-8-15-10(12(5,6)7)9(13-14-15)11(2,3)4/h9-10H,8H2,1-7H3. The van der Waals surface area contributed by atoms with Crippen LogP contribution < -0.4 is 0 Å². The van der Waals surface area contributed by atoms with Gasteiger partial charge in [-0.25, -0.2) is 0 Å². The van der Waals surface area contributed by atoms with E-state index < -0.39 is 0 Å². The van der Waals surface area contributed by atoms with Crippen molar-refractivity contribution >= 4 is 0 Å². The Morgan fingerprint density at radius 2 is 1.53 bits per heavy atom. The lowest BCUT2D eigenvalue weighted by Crippen LogP contribution is -2.49. The Balaban J connectivity index is 2.96. The van der Waals surface area contributed by atoms with Crippen LogP contribution in [0.2, 0.25) is 0 Å². The molecule has 0 N–H and O–H groups in total. The van der Waals surface area contributed by atoms with Gasteiger partial charge in [-0.15, -0.1) is 0 Å². The molecule has 0 fully saturated rings. The molecule has 88 valence electrons. The zero-order valence-corrected chi connectivity index (χ0v) is 11.2. The molecule has 1 rings (SSSR count). The normalized spacial score (nSPS) is 27.5. The molecule has 0 spiro atoms. The summed E-state index contributed by atoms with van der Waals surface area (Å²) in [5.74, 6) is 0. The lowest BCUT2D eigenvalue weighted by atomic mass is 9.73. The molecular weight excluding hydrogens is 186 g/mol. The van der Waals surface area contributed by atoms with E-state index in [-0.39, 0.29) is 10.8 Å². The van der Waals surface area contributed by atoms with Crippen molar-refractivity contribution in [2.45, 2.75) is 60.5 Å². The first kappa shape index (κ1) is 12.5. The van der Waals surface area contributed by atoms with Crippen LogP contribution in [-0.4, -0.2) is 23.6 Å². The Labute approximate surface area is 93.9 Å². The molecule has 0 aromatic heterocycles. The van der Waals surface area contributed by atoms with E-state index in [4.69, 9.17) is 0 Å². The van der Waals surface area contributed by atoms with Crippen LogP contribution >= 0.6 is 0 Å². The van der Waals surface area contributed by atoms with E-state index in [1.807, 2.05) is 0 Å². The third kappa shape index (κ3) is 2.50. The molecule has 1 aliphatic heterocycles. The quantitative estimate of drug-likeness (QED) is 0.652. The molecule has 0 amide bonds. The van der Waals surface area contributed by atoms with Gasteiger partial charge in [0, 0.05) is 6.54 Å². The highest BCUT2D eigenvalue weighted by molar-refractivity contribution is 4.99. The first-order valence-corrected chi connectivity index (χ1v) is 5.85. The summed E-state index contributed by atoms with van der Waals surface area (Å²) in [5.41, 5.74) is 0.406. The molecule has 0 bridgehead atoms. The maximum atomic E-state index is 4.46. The number of hydrogen-bond acceptors (Lipinski definition) is 3. The van der Waals surface area contributed by atoms with Crippen molar-refractivity contribution in [2.75, 3.05) is 6.54 Å². The van der Waals surface area contributed by atoms with Gasteiger partial charge in [-0.3, -0.25) is 5.01 Å². The topological polar surface area (TPSA) is 28.0 Å². The molecule has 1 heterocycles. The minimum atomic E-state index is 0.186. The van der Waals surface area contributed by atoms with Crippen LogP contribution in [0.5, 0.6) is 0 Å². The van der Waals surface area contributed by atoms with Crippen molar-refractivity contribution in [3.8, 4) is 0 Å². The highest BCUT2D eigenvalue weighted by atomic mass is 15.6. The predicted molar refractivity (Wildman–Crippen MR) is 63.7 cm³/mol. The second-order valence-corrected chi connectivity index (χ2v) is 6.58. The van der Waals surface area contributed by atoms with E-state index in [2.05, 4.69) is 63.8 Å². The number of nitrogens with zero attached hydrogens (tertiary/aromatic N) is 3.